The van der Waals surface area contributed by atoms with Crippen molar-refractivity contribution in [1.82, 2.24) is 0 Å². The van der Waals surface area contributed by atoms with Crippen LogP contribution in [0.1, 0.15) is 110 Å². The van der Waals surface area contributed by atoms with Crippen molar-refractivity contribution in [1.29, 1.82) is 5.26 Å². The molecule has 0 radical (unpaired) electrons. The first-order valence-electron chi connectivity index (χ1n) is 11.6. The van der Waals surface area contributed by atoms with Crippen molar-refractivity contribution >= 4 is 0 Å². The van der Waals surface area contributed by atoms with Gasteiger partial charge in [0.2, 0.25) is 0 Å². The zero-order chi connectivity index (χ0) is 17.7. The van der Waals surface area contributed by atoms with Crippen molar-refractivity contribution < 1.29 is 0 Å². The molecule has 3 rings (SSSR count). The van der Waals surface area contributed by atoms with Crippen LogP contribution in [0.25, 0.3) is 0 Å². The van der Waals surface area contributed by atoms with E-state index < -0.39 is 0 Å². The SMILES string of the molecule is CCCC1CCC(C2CCC(C3CCCC(C#N)(CC)C3)CC2)CC1. The van der Waals surface area contributed by atoms with Gasteiger partial charge in [-0.05, 0) is 87.4 Å². The van der Waals surface area contributed by atoms with E-state index in [4.69, 9.17) is 0 Å². The number of hydrogen-bond acceptors (Lipinski definition) is 1. The number of nitriles is 1. The van der Waals surface area contributed by atoms with Crippen molar-refractivity contribution in [2.45, 2.75) is 110 Å². The van der Waals surface area contributed by atoms with Crippen LogP contribution in [0.4, 0.5) is 0 Å². The van der Waals surface area contributed by atoms with Crippen LogP contribution in [0.15, 0.2) is 0 Å². The molecule has 0 spiro atoms. The quantitative estimate of drug-likeness (QED) is 0.506. The molecule has 0 aromatic heterocycles. The lowest BCUT2D eigenvalue weighted by Crippen LogP contribution is -2.33. The monoisotopic (exact) mass is 343 g/mol. The third-order valence-corrected chi connectivity index (χ3v) is 8.54. The molecule has 3 saturated carbocycles. The zero-order valence-electron chi connectivity index (χ0n) is 16.9. The third-order valence-electron chi connectivity index (χ3n) is 8.54. The predicted octanol–water partition coefficient (Wildman–Crippen LogP) is 7.51. The Morgan fingerprint density at radius 2 is 1.36 bits per heavy atom. The van der Waals surface area contributed by atoms with E-state index in [2.05, 4.69) is 19.9 Å². The maximum atomic E-state index is 9.68. The highest BCUT2D eigenvalue weighted by molar-refractivity contribution is 5.02. The number of rotatable bonds is 5. The third kappa shape index (κ3) is 4.61. The summed E-state index contributed by atoms with van der Waals surface area (Å²) in [5, 5.41) is 9.68. The molecule has 0 bridgehead atoms. The predicted molar refractivity (Wildman–Crippen MR) is 106 cm³/mol. The second-order valence-electron chi connectivity index (χ2n) is 9.85. The van der Waals surface area contributed by atoms with Crippen LogP contribution in [0.3, 0.4) is 0 Å². The standard InChI is InChI=1S/C24H41N/c1-3-6-19-8-10-20(11-9-19)21-12-14-22(15-13-21)23-7-5-16-24(4-2,17-23)18-25/h19-23H,3-17H2,1-2H3. The van der Waals surface area contributed by atoms with Crippen molar-refractivity contribution in [3.63, 3.8) is 0 Å². The van der Waals surface area contributed by atoms with Crippen LogP contribution in [-0.4, -0.2) is 0 Å². The first kappa shape index (κ1) is 19.3. The molecule has 0 aromatic carbocycles. The van der Waals surface area contributed by atoms with Gasteiger partial charge in [0.25, 0.3) is 0 Å². The summed E-state index contributed by atoms with van der Waals surface area (Å²) < 4.78 is 0. The van der Waals surface area contributed by atoms with Gasteiger partial charge in [-0.25, -0.2) is 0 Å². The van der Waals surface area contributed by atoms with Crippen LogP contribution in [0.2, 0.25) is 0 Å². The Bertz CT molecular complexity index is 434. The molecule has 0 N–H and O–H groups in total. The van der Waals surface area contributed by atoms with Crippen LogP contribution in [-0.2, 0) is 0 Å². The van der Waals surface area contributed by atoms with E-state index in [-0.39, 0.29) is 5.41 Å². The topological polar surface area (TPSA) is 23.8 Å². The van der Waals surface area contributed by atoms with Gasteiger partial charge < -0.3 is 0 Å². The van der Waals surface area contributed by atoms with Crippen molar-refractivity contribution in [3.8, 4) is 6.07 Å². The van der Waals surface area contributed by atoms with Crippen LogP contribution < -0.4 is 0 Å². The molecule has 25 heavy (non-hydrogen) atoms. The van der Waals surface area contributed by atoms with E-state index in [1.165, 1.54) is 83.5 Å². The molecule has 0 amide bonds. The molecule has 1 heteroatoms. The summed E-state index contributed by atoms with van der Waals surface area (Å²) in [5.74, 6) is 4.93. The average Bonchev–Trinajstić information content (AvgIpc) is 2.69. The van der Waals surface area contributed by atoms with Crippen LogP contribution in [0.5, 0.6) is 0 Å². The summed E-state index contributed by atoms with van der Waals surface area (Å²) in [7, 11) is 0. The summed E-state index contributed by atoms with van der Waals surface area (Å²) >= 11 is 0. The second-order valence-corrected chi connectivity index (χ2v) is 9.85. The van der Waals surface area contributed by atoms with Gasteiger partial charge in [0.1, 0.15) is 0 Å². The Labute approximate surface area is 157 Å². The lowest BCUT2D eigenvalue weighted by molar-refractivity contribution is 0.0839. The Balaban J connectivity index is 1.45. The summed E-state index contributed by atoms with van der Waals surface area (Å²) in [5.41, 5.74) is 0.0252. The maximum absolute atomic E-state index is 9.68. The van der Waals surface area contributed by atoms with E-state index in [1.54, 1.807) is 0 Å². The maximum Gasteiger partial charge on any atom is 0.0689 e. The Morgan fingerprint density at radius 1 is 0.800 bits per heavy atom. The van der Waals surface area contributed by atoms with Gasteiger partial charge in [-0.15, -0.1) is 0 Å². The second kappa shape index (κ2) is 8.92. The fraction of sp³-hybridized carbons (Fsp3) is 0.958. The molecule has 142 valence electrons. The highest BCUT2D eigenvalue weighted by atomic mass is 14.5. The lowest BCUT2D eigenvalue weighted by Gasteiger charge is -2.43. The molecule has 0 saturated heterocycles. The average molecular weight is 344 g/mol. The van der Waals surface area contributed by atoms with E-state index >= 15 is 0 Å². The number of nitrogens with zero attached hydrogens (tertiary/aromatic N) is 1. The van der Waals surface area contributed by atoms with E-state index in [0.717, 1.165) is 42.4 Å². The minimum absolute atomic E-state index is 0.0252. The van der Waals surface area contributed by atoms with Gasteiger partial charge in [0, 0.05) is 0 Å². The van der Waals surface area contributed by atoms with Crippen LogP contribution in [0, 0.1) is 46.3 Å². The molecule has 0 aliphatic heterocycles. The summed E-state index contributed by atoms with van der Waals surface area (Å²) in [6, 6.07) is 2.71. The lowest BCUT2D eigenvalue weighted by atomic mass is 9.61. The number of hydrogen-bond donors (Lipinski definition) is 0. The van der Waals surface area contributed by atoms with Gasteiger partial charge in [0.05, 0.1) is 11.5 Å². The molecular weight excluding hydrogens is 302 g/mol. The molecule has 0 aromatic rings. The Morgan fingerprint density at radius 3 is 1.88 bits per heavy atom. The fourth-order valence-corrected chi connectivity index (χ4v) is 6.76. The fourth-order valence-electron chi connectivity index (χ4n) is 6.76. The van der Waals surface area contributed by atoms with Crippen molar-refractivity contribution in [2.75, 3.05) is 0 Å². The van der Waals surface area contributed by atoms with E-state index in [9.17, 15) is 5.26 Å². The largest absolute Gasteiger partial charge is 0.198 e. The van der Waals surface area contributed by atoms with Gasteiger partial charge in [-0.1, -0.05) is 52.4 Å². The molecular formula is C24H41N. The normalized spacial score (nSPS) is 42.7. The van der Waals surface area contributed by atoms with Crippen molar-refractivity contribution in [2.24, 2.45) is 35.0 Å². The van der Waals surface area contributed by atoms with Gasteiger partial charge >= 0.3 is 0 Å². The highest BCUT2D eigenvalue weighted by Crippen LogP contribution is 2.49. The Hall–Kier alpha value is -0.510. The summed E-state index contributed by atoms with van der Waals surface area (Å²) in [6.07, 6.45) is 21.0. The molecule has 2 atom stereocenters. The zero-order valence-corrected chi connectivity index (χ0v) is 16.9. The van der Waals surface area contributed by atoms with Gasteiger partial charge in [-0.3, -0.25) is 0 Å². The molecule has 1 nitrogen and oxygen atoms in total. The van der Waals surface area contributed by atoms with E-state index in [0.29, 0.717) is 0 Å². The Kier molecular flexibility index (Phi) is 6.87. The molecule has 3 aliphatic carbocycles. The van der Waals surface area contributed by atoms with Gasteiger partial charge in [0.15, 0.2) is 0 Å². The van der Waals surface area contributed by atoms with E-state index in [1.807, 2.05) is 0 Å². The van der Waals surface area contributed by atoms with Gasteiger partial charge in [-0.2, -0.15) is 5.26 Å². The molecule has 3 aliphatic rings. The molecule has 3 fully saturated rings. The first-order chi connectivity index (χ1) is 12.2. The minimum atomic E-state index is 0.0252. The van der Waals surface area contributed by atoms with Crippen LogP contribution >= 0.6 is 0 Å². The molecule has 2 unspecified atom stereocenters. The van der Waals surface area contributed by atoms with Crippen molar-refractivity contribution in [3.05, 3.63) is 0 Å². The first-order valence-corrected chi connectivity index (χ1v) is 11.6. The summed E-state index contributed by atoms with van der Waals surface area (Å²) in [4.78, 5) is 0. The highest BCUT2D eigenvalue weighted by Gasteiger charge is 2.40. The summed E-state index contributed by atoms with van der Waals surface area (Å²) in [6.45, 7) is 4.58. The minimum Gasteiger partial charge on any atom is -0.198 e. The smallest absolute Gasteiger partial charge is 0.0689 e. The molecule has 0 heterocycles.